The Morgan fingerprint density at radius 3 is 2.71 bits per heavy atom. The van der Waals surface area contributed by atoms with Gasteiger partial charge in [0.25, 0.3) is 0 Å². The summed E-state index contributed by atoms with van der Waals surface area (Å²) < 4.78 is 0. The summed E-state index contributed by atoms with van der Waals surface area (Å²) in [5.41, 5.74) is 6.94. The zero-order chi connectivity index (χ0) is 10.6. The van der Waals surface area contributed by atoms with Crippen LogP contribution < -0.4 is 5.73 Å². The van der Waals surface area contributed by atoms with Gasteiger partial charge in [-0.2, -0.15) is 0 Å². The minimum Gasteiger partial charge on any atom is -0.328 e. The summed E-state index contributed by atoms with van der Waals surface area (Å²) in [5.74, 6) is 1.05. The Morgan fingerprint density at radius 2 is 2.21 bits per heavy atom. The molecule has 1 rings (SSSR count). The molecule has 1 atom stereocenters. The molecule has 0 aliphatic carbocycles. The number of hydrogen-bond donors (Lipinski definition) is 1. The van der Waals surface area contributed by atoms with Crippen molar-refractivity contribution < 1.29 is 0 Å². The van der Waals surface area contributed by atoms with E-state index in [1.54, 1.807) is 11.8 Å². The van der Waals surface area contributed by atoms with Crippen LogP contribution in [0.4, 0.5) is 0 Å². The smallest absolute Gasteiger partial charge is 0.0544 e. The van der Waals surface area contributed by atoms with E-state index in [-0.39, 0.29) is 6.04 Å². The highest BCUT2D eigenvalue weighted by molar-refractivity contribution is 7.99. The lowest BCUT2D eigenvalue weighted by Crippen LogP contribution is -2.17. The van der Waals surface area contributed by atoms with Gasteiger partial charge in [-0.05, 0) is 36.8 Å². The summed E-state index contributed by atoms with van der Waals surface area (Å²) in [7, 11) is 0. The Kier molecular flexibility index (Phi) is 4.79. The van der Waals surface area contributed by atoms with Crippen LogP contribution in [-0.4, -0.2) is 11.8 Å². The topological polar surface area (TPSA) is 26.0 Å². The Hall–Kier alpha value is -0.180. The maximum atomic E-state index is 6.13. The van der Waals surface area contributed by atoms with Crippen molar-refractivity contribution in [3.05, 3.63) is 28.8 Å². The molecule has 0 bridgehead atoms. The van der Waals surface area contributed by atoms with Crippen LogP contribution in [0.25, 0.3) is 0 Å². The SMILES string of the molecule is CCSc1ccc(CC(C)N)cc1Cl. The minimum absolute atomic E-state index is 0.191. The van der Waals surface area contributed by atoms with E-state index in [2.05, 4.69) is 19.1 Å². The van der Waals surface area contributed by atoms with Gasteiger partial charge in [-0.25, -0.2) is 0 Å². The van der Waals surface area contributed by atoms with E-state index in [4.69, 9.17) is 17.3 Å². The molecular weight excluding hydrogens is 214 g/mol. The standard InChI is InChI=1S/C11H16ClNS/c1-3-14-11-5-4-9(6-8(2)13)7-10(11)12/h4-5,7-8H,3,6,13H2,1-2H3. The normalized spacial score (nSPS) is 12.9. The third-order valence-electron chi connectivity index (χ3n) is 1.85. The molecule has 0 saturated heterocycles. The molecule has 1 unspecified atom stereocenters. The molecule has 0 amide bonds. The zero-order valence-electron chi connectivity index (χ0n) is 8.59. The zero-order valence-corrected chi connectivity index (χ0v) is 10.2. The van der Waals surface area contributed by atoms with E-state index in [9.17, 15) is 0 Å². The molecule has 0 radical (unpaired) electrons. The molecule has 2 N–H and O–H groups in total. The average Bonchev–Trinajstić information content (AvgIpc) is 2.09. The molecule has 78 valence electrons. The molecule has 3 heteroatoms. The Labute approximate surface area is 95.0 Å². The average molecular weight is 230 g/mol. The Morgan fingerprint density at radius 1 is 1.50 bits per heavy atom. The van der Waals surface area contributed by atoms with E-state index in [1.807, 2.05) is 13.0 Å². The second-order valence-corrected chi connectivity index (χ2v) is 5.09. The van der Waals surface area contributed by atoms with Crippen LogP contribution in [0.5, 0.6) is 0 Å². The summed E-state index contributed by atoms with van der Waals surface area (Å²) in [4.78, 5) is 1.16. The lowest BCUT2D eigenvalue weighted by Gasteiger charge is -2.08. The van der Waals surface area contributed by atoms with Crippen molar-refractivity contribution >= 4 is 23.4 Å². The van der Waals surface area contributed by atoms with Crippen LogP contribution in [0.3, 0.4) is 0 Å². The van der Waals surface area contributed by atoms with Crippen LogP contribution in [-0.2, 0) is 6.42 Å². The molecule has 1 aromatic carbocycles. The first-order valence-electron chi connectivity index (χ1n) is 4.80. The van der Waals surface area contributed by atoms with Gasteiger partial charge in [0.05, 0.1) is 5.02 Å². The van der Waals surface area contributed by atoms with E-state index >= 15 is 0 Å². The number of nitrogens with two attached hydrogens (primary N) is 1. The highest BCUT2D eigenvalue weighted by Crippen LogP contribution is 2.27. The van der Waals surface area contributed by atoms with E-state index in [0.717, 1.165) is 22.1 Å². The molecule has 0 spiro atoms. The fraction of sp³-hybridized carbons (Fsp3) is 0.455. The van der Waals surface area contributed by atoms with Crippen LogP contribution in [0, 0.1) is 0 Å². The summed E-state index contributed by atoms with van der Waals surface area (Å²) in [5, 5.41) is 0.843. The van der Waals surface area contributed by atoms with Gasteiger partial charge in [0.1, 0.15) is 0 Å². The largest absolute Gasteiger partial charge is 0.328 e. The van der Waals surface area contributed by atoms with Gasteiger partial charge in [0.15, 0.2) is 0 Å². The van der Waals surface area contributed by atoms with Gasteiger partial charge in [-0.15, -0.1) is 11.8 Å². The molecular formula is C11H16ClNS. The number of hydrogen-bond acceptors (Lipinski definition) is 2. The second kappa shape index (κ2) is 5.64. The van der Waals surface area contributed by atoms with Crippen LogP contribution in [0.2, 0.25) is 5.02 Å². The van der Waals surface area contributed by atoms with Gasteiger partial charge in [0.2, 0.25) is 0 Å². The van der Waals surface area contributed by atoms with Gasteiger partial charge in [0, 0.05) is 10.9 Å². The number of halogens is 1. The van der Waals surface area contributed by atoms with E-state index in [1.165, 1.54) is 5.56 Å². The van der Waals surface area contributed by atoms with E-state index in [0.29, 0.717) is 0 Å². The summed E-state index contributed by atoms with van der Waals surface area (Å²) >= 11 is 7.90. The van der Waals surface area contributed by atoms with Crippen molar-refractivity contribution in [2.45, 2.75) is 31.2 Å². The number of benzene rings is 1. The third-order valence-corrected chi connectivity index (χ3v) is 3.23. The summed E-state index contributed by atoms with van der Waals surface area (Å²) in [6.45, 7) is 4.12. The maximum absolute atomic E-state index is 6.13. The second-order valence-electron chi connectivity index (χ2n) is 3.38. The first kappa shape index (κ1) is 11.9. The van der Waals surface area contributed by atoms with Crippen molar-refractivity contribution in [2.24, 2.45) is 5.73 Å². The lowest BCUT2D eigenvalue weighted by atomic mass is 10.1. The lowest BCUT2D eigenvalue weighted by molar-refractivity contribution is 0.738. The molecule has 0 aliphatic heterocycles. The van der Waals surface area contributed by atoms with Crippen molar-refractivity contribution in [3.63, 3.8) is 0 Å². The molecule has 0 fully saturated rings. The first-order valence-corrected chi connectivity index (χ1v) is 6.16. The number of rotatable bonds is 4. The molecule has 0 aliphatic rings. The van der Waals surface area contributed by atoms with Gasteiger partial charge in [-0.3, -0.25) is 0 Å². The minimum atomic E-state index is 0.191. The maximum Gasteiger partial charge on any atom is 0.0544 e. The molecule has 1 aromatic rings. The molecule has 0 saturated carbocycles. The monoisotopic (exact) mass is 229 g/mol. The van der Waals surface area contributed by atoms with Crippen molar-refractivity contribution in [3.8, 4) is 0 Å². The summed E-state index contributed by atoms with van der Waals surface area (Å²) in [6.07, 6.45) is 0.886. The molecule has 1 nitrogen and oxygen atoms in total. The van der Waals surface area contributed by atoms with Crippen molar-refractivity contribution in [2.75, 3.05) is 5.75 Å². The van der Waals surface area contributed by atoms with Gasteiger partial charge < -0.3 is 5.73 Å². The van der Waals surface area contributed by atoms with E-state index < -0.39 is 0 Å². The van der Waals surface area contributed by atoms with Crippen LogP contribution in [0.1, 0.15) is 19.4 Å². The van der Waals surface area contributed by atoms with Crippen molar-refractivity contribution in [1.82, 2.24) is 0 Å². The highest BCUT2D eigenvalue weighted by Gasteiger charge is 2.03. The predicted octanol–water partition coefficient (Wildman–Crippen LogP) is 3.34. The van der Waals surface area contributed by atoms with Crippen LogP contribution in [0.15, 0.2) is 23.1 Å². The number of thioether (sulfide) groups is 1. The van der Waals surface area contributed by atoms with Crippen molar-refractivity contribution in [1.29, 1.82) is 0 Å². The molecule has 0 heterocycles. The summed E-state index contributed by atoms with van der Waals surface area (Å²) in [6, 6.07) is 6.39. The fourth-order valence-electron chi connectivity index (χ4n) is 1.32. The van der Waals surface area contributed by atoms with Gasteiger partial charge in [-0.1, -0.05) is 24.6 Å². The third kappa shape index (κ3) is 3.52. The molecule has 0 aromatic heterocycles. The predicted molar refractivity (Wildman–Crippen MR) is 65.2 cm³/mol. The Bertz CT molecular complexity index is 299. The van der Waals surface area contributed by atoms with Crippen LogP contribution >= 0.6 is 23.4 Å². The van der Waals surface area contributed by atoms with Gasteiger partial charge >= 0.3 is 0 Å². The Balaban J connectivity index is 2.78. The highest BCUT2D eigenvalue weighted by atomic mass is 35.5. The quantitative estimate of drug-likeness (QED) is 0.802. The first-order chi connectivity index (χ1) is 6.63. The molecule has 14 heavy (non-hydrogen) atoms. The fourth-order valence-corrected chi connectivity index (χ4v) is 2.35.